The number of anilines is 1. The molecule has 0 fully saturated rings. The zero-order valence-corrected chi connectivity index (χ0v) is 13.5. The van der Waals surface area contributed by atoms with E-state index in [0.717, 1.165) is 0 Å². The van der Waals surface area contributed by atoms with E-state index in [-0.39, 0.29) is 5.15 Å². The van der Waals surface area contributed by atoms with Gasteiger partial charge in [0.1, 0.15) is 5.60 Å². The van der Waals surface area contributed by atoms with E-state index in [0.29, 0.717) is 23.7 Å². The Morgan fingerprint density at radius 2 is 2.10 bits per heavy atom. The lowest BCUT2D eigenvalue weighted by Crippen LogP contribution is -2.37. The molecule has 2 aromatic rings. The van der Waals surface area contributed by atoms with Crippen LogP contribution >= 0.6 is 11.6 Å². The summed E-state index contributed by atoms with van der Waals surface area (Å²) in [5.41, 5.74) is 0.401. The first-order valence-electron chi connectivity index (χ1n) is 6.62. The van der Waals surface area contributed by atoms with Crippen molar-refractivity contribution in [3.63, 3.8) is 0 Å². The van der Waals surface area contributed by atoms with Crippen LogP contribution in [-0.4, -0.2) is 38.1 Å². The Hall–Kier alpha value is -1.89. The molecule has 8 heteroatoms. The third-order valence-corrected chi connectivity index (χ3v) is 2.88. The number of rotatable bonds is 2. The average molecular weight is 312 g/mol. The van der Waals surface area contributed by atoms with Gasteiger partial charge in [-0.05, 0) is 34.6 Å². The van der Waals surface area contributed by atoms with Gasteiger partial charge in [-0.2, -0.15) is 9.61 Å². The Morgan fingerprint density at radius 1 is 1.43 bits per heavy atom. The second kappa shape index (κ2) is 5.48. The van der Waals surface area contributed by atoms with Crippen molar-refractivity contribution >= 4 is 29.0 Å². The molecule has 7 nitrogen and oxygen atoms in total. The van der Waals surface area contributed by atoms with Gasteiger partial charge in [-0.1, -0.05) is 11.6 Å². The number of amides is 1. The molecule has 0 aliphatic heterocycles. The summed E-state index contributed by atoms with van der Waals surface area (Å²) in [7, 11) is 0. The van der Waals surface area contributed by atoms with Crippen molar-refractivity contribution in [1.29, 1.82) is 0 Å². The molecular weight excluding hydrogens is 294 g/mol. The first kappa shape index (κ1) is 15.5. The van der Waals surface area contributed by atoms with Crippen molar-refractivity contribution < 1.29 is 9.53 Å². The van der Waals surface area contributed by atoms with Crippen molar-refractivity contribution in [2.75, 3.05) is 11.4 Å². The number of aromatic nitrogens is 4. The molecule has 1 amide bonds. The lowest BCUT2D eigenvalue weighted by molar-refractivity contribution is 0.0582. The molecule has 0 unspecified atom stereocenters. The molecule has 0 aliphatic carbocycles. The Morgan fingerprint density at radius 3 is 2.67 bits per heavy atom. The minimum atomic E-state index is -0.582. The molecule has 2 heterocycles. The van der Waals surface area contributed by atoms with E-state index >= 15 is 0 Å². The van der Waals surface area contributed by atoms with Crippen LogP contribution in [0.4, 0.5) is 10.5 Å². The van der Waals surface area contributed by atoms with Crippen LogP contribution in [0.5, 0.6) is 0 Å². The minimum Gasteiger partial charge on any atom is -0.443 e. The maximum absolute atomic E-state index is 12.3. The third kappa shape index (κ3) is 3.24. The summed E-state index contributed by atoms with van der Waals surface area (Å²) < 4.78 is 6.91. The van der Waals surface area contributed by atoms with Crippen LogP contribution in [-0.2, 0) is 4.74 Å². The number of halogens is 1. The number of fused-ring (bicyclic) bond motifs is 1. The van der Waals surface area contributed by atoms with Gasteiger partial charge >= 0.3 is 6.09 Å². The van der Waals surface area contributed by atoms with Crippen LogP contribution in [0.2, 0.25) is 5.15 Å². The van der Waals surface area contributed by atoms with Crippen LogP contribution in [0.1, 0.15) is 33.5 Å². The first-order valence-corrected chi connectivity index (χ1v) is 7.00. The van der Waals surface area contributed by atoms with Crippen LogP contribution < -0.4 is 4.90 Å². The topological polar surface area (TPSA) is 72.6 Å². The van der Waals surface area contributed by atoms with Gasteiger partial charge in [-0.3, -0.25) is 4.90 Å². The molecule has 0 bridgehead atoms. The van der Waals surface area contributed by atoms with Gasteiger partial charge in [0.2, 0.25) is 5.65 Å². The molecular formula is C13H18ClN5O2. The van der Waals surface area contributed by atoms with Gasteiger partial charge in [-0.25, -0.2) is 4.79 Å². The number of aryl methyl sites for hydroxylation is 1. The van der Waals surface area contributed by atoms with Crippen molar-refractivity contribution in [2.24, 2.45) is 0 Å². The molecule has 0 radical (unpaired) electrons. The maximum atomic E-state index is 12.3. The number of carbonyl (C=O) groups is 1. The summed E-state index contributed by atoms with van der Waals surface area (Å²) in [5, 5.41) is 12.4. The van der Waals surface area contributed by atoms with Crippen LogP contribution in [0, 0.1) is 6.92 Å². The van der Waals surface area contributed by atoms with E-state index in [1.165, 1.54) is 9.42 Å². The van der Waals surface area contributed by atoms with E-state index < -0.39 is 11.7 Å². The van der Waals surface area contributed by atoms with Gasteiger partial charge in [0, 0.05) is 12.6 Å². The zero-order chi connectivity index (χ0) is 15.8. The third-order valence-electron chi connectivity index (χ3n) is 2.70. The summed E-state index contributed by atoms with van der Waals surface area (Å²) in [6.07, 6.45) is -0.463. The van der Waals surface area contributed by atoms with E-state index in [1.54, 1.807) is 13.0 Å². The summed E-state index contributed by atoms with van der Waals surface area (Å²) in [6, 6.07) is 1.58. The van der Waals surface area contributed by atoms with Gasteiger partial charge in [0.15, 0.2) is 11.0 Å². The zero-order valence-electron chi connectivity index (χ0n) is 12.7. The molecule has 114 valence electrons. The quantitative estimate of drug-likeness (QED) is 0.852. The first-order chi connectivity index (χ1) is 9.73. The second-order valence-electron chi connectivity index (χ2n) is 5.56. The maximum Gasteiger partial charge on any atom is 0.414 e. The smallest absolute Gasteiger partial charge is 0.414 e. The Kier molecular flexibility index (Phi) is 4.04. The molecule has 0 atom stereocenters. The molecule has 0 saturated heterocycles. The van der Waals surface area contributed by atoms with Gasteiger partial charge in [-0.15, -0.1) is 10.2 Å². The van der Waals surface area contributed by atoms with Crippen molar-refractivity contribution in [3.05, 3.63) is 17.0 Å². The number of hydrogen-bond acceptors (Lipinski definition) is 5. The summed E-state index contributed by atoms with van der Waals surface area (Å²) in [5.74, 6) is 0.592. The largest absolute Gasteiger partial charge is 0.443 e. The van der Waals surface area contributed by atoms with Crippen molar-refractivity contribution in [2.45, 2.75) is 40.2 Å². The Bertz CT molecular complexity index is 677. The molecule has 0 N–H and O–H groups in total. The van der Waals surface area contributed by atoms with Crippen LogP contribution in [0.25, 0.3) is 5.65 Å². The van der Waals surface area contributed by atoms with E-state index in [9.17, 15) is 4.79 Å². The highest BCUT2D eigenvalue weighted by molar-refractivity contribution is 6.29. The van der Waals surface area contributed by atoms with Crippen LogP contribution in [0.15, 0.2) is 6.07 Å². The Labute approximate surface area is 127 Å². The van der Waals surface area contributed by atoms with Crippen LogP contribution in [0.3, 0.4) is 0 Å². The number of ether oxygens (including phenoxy) is 1. The summed E-state index contributed by atoms with van der Waals surface area (Å²) in [4.78, 5) is 13.8. The molecule has 0 aliphatic rings. The van der Waals surface area contributed by atoms with Gasteiger partial charge in [0.05, 0.1) is 5.69 Å². The fourth-order valence-electron chi connectivity index (χ4n) is 1.85. The molecule has 0 aromatic carbocycles. The highest BCUT2D eigenvalue weighted by Gasteiger charge is 2.25. The van der Waals surface area contributed by atoms with Crippen molar-refractivity contribution in [1.82, 2.24) is 19.8 Å². The SMILES string of the molecule is CCN(C(=O)OC(C)(C)C)c1cc(Cl)nn2c(C)nnc12. The lowest BCUT2D eigenvalue weighted by Gasteiger charge is -2.26. The molecule has 21 heavy (non-hydrogen) atoms. The molecule has 2 rings (SSSR count). The van der Waals surface area contributed by atoms with Gasteiger partial charge < -0.3 is 4.74 Å². The van der Waals surface area contributed by atoms with E-state index in [2.05, 4.69) is 15.3 Å². The normalized spacial score (nSPS) is 11.7. The Balaban J connectivity index is 2.50. The lowest BCUT2D eigenvalue weighted by atomic mass is 10.2. The fraction of sp³-hybridized carbons (Fsp3) is 0.538. The second-order valence-corrected chi connectivity index (χ2v) is 5.95. The highest BCUT2D eigenvalue weighted by atomic mass is 35.5. The number of hydrogen-bond donors (Lipinski definition) is 0. The fourth-order valence-corrected chi connectivity index (χ4v) is 2.03. The summed E-state index contributed by atoms with van der Waals surface area (Å²) >= 11 is 6.03. The average Bonchev–Trinajstić information content (AvgIpc) is 2.70. The predicted molar refractivity (Wildman–Crippen MR) is 79.8 cm³/mol. The summed E-state index contributed by atoms with van der Waals surface area (Å²) in [6.45, 7) is 9.46. The standard InChI is InChI=1S/C13H18ClN5O2/c1-6-18(12(20)21-13(3,4)5)9-7-10(14)17-19-8(2)15-16-11(9)19/h7H,6H2,1-5H3. The van der Waals surface area contributed by atoms with Gasteiger partial charge in [0.25, 0.3) is 0 Å². The minimum absolute atomic E-state index is 0.252. The predicted octanol–water partition coefficient (Wildman–Crippen LogP) is 2.85. The monoisotopic (exact) mass is 311 g/mol. The van der Waals surface area contributed by atoms with Crippen molar-refractivity contribution in [3.8, 4) is 0 Å². The molecule has 0 saturated carbocycles. The molecule has 0 spiro atoms. The number of carbonyl (C=O) groups excluding carboxylic acids is 1. The van der Waals surface area contributed by atoms with E-state index in [1.807, 2.05) is 27.7 Å². The molecule has 2 aromatic heterocycles. The van der Waals surface area contributed by atoms with E-state index in [4.69, 9.17) is 16.3 Å². The highest BCUT2D eigenvalue weighted by Crippen LogP contribution is 2.25. The number of nitrogens with zero attached hydrogens (tertiary/aromatic N) is 5.